The molecular formula is C21H38O6. The Kier molecular flexibility index (Phi) is 11.8. The molecule has 4 N–H and O–H groups in total. The number of aliphatic carboxylic acids is 1. The Balaban J connectivity index is 2.45. The number of unbranched alkanes of at least 4 members (excludes halogenated alkanes) is 3. The maximum atomic E-state index is 10.8. The van der Waals surface area contributed by atoms with Crippen molar-refractivity contribution in [1.82, 2.24) is 0 Å². The first kappa shape index (κ1) is 24.1. The molecule has 1 aliphatic carbocycles. The second kappa shape index (κ2) is 13.3. The molecule has 27 heavy (non-hydrogen) atoms. The van der Waals surface area contributed by atoms with E-state index in [0.717, 1.165) is 44.9 Å². The second-order valence-corrected chi connectivity index (χ2v) is 7.80. The molecule has 6 atom stereocenters. The molecule has 0 aliphatic heterocycles. The lowest BCUT2D eigenvalue weighted by Gasteiger charge is -2.21. The summed E-state index contributed by atoms with van der Waals surface area (Å²) in [6.45, 7) is 2.12. The van der Waals surface area contributed by atoms with Crippen LogP contribution < -0.4 is 0 Å². The smallest absolute Gasteiger partial charge is 0.305 e. The van der Waals surface area contributed by atoms with Crippen molar-refractivity contribution in [2.45, 2.75) is 95.5 Å². The van der Waals surface area contributed by atoms with Crippen molar-refractivity contribution >= 4 is 5.97 Å². The molecule has 0 saturated heterocycles. The van der Waals surface area contributed by atoms with Gasteiger partial charge in [-0.25, -0.2) is 0 Å². The number of hydrogen-bond acceptors (Lipinski definition) is 5. The number of carbonyl (C=O) groups is 1. The Morgan fingerprint density at radius 1 is 1.15 bits per heavy atom. The molecule has 158 valence electrons. The summed E-state index contributed by atoms with van der Waals surface area (Å²) >= 11 is 0. The molecule has 6 unspecified atom stereocenters. The van der Waals surface area contributed by atoms with Crippen LogP contribution in [0.15, 0.2) is 12.2 Å². The first-order valence-electron chi connectivity index (χ1n) is 10.4. The molecule has 1 fully saturated rings. The van der Waals surface area contributed by atoms with Crippen LogP contribution in [0.3, 0.4) is 0 Å². The second-order valence-electron chi connectivity index (χ2n) is 7.80. The van der Waals surface area contributed by atoms with Crippen LogP contribution in [-0.4, -0.2) is 57.9 Å². The minimum absolute atomic E-state index is 0.00253. The summed E-state index contributed by atoms with van der Waals surface area (Å²) in [7, 11) is 1.53. The molecule has 6 heteroatoms. The van der Waals surface area contributed by atoms with E-state index in [1.165, 1.54) is 7.11 Å². The lowest BCUT2D eigenvalue weighted by Crippen LogP contribution is -2.21. The highest BCUT2D eigenvalue weighted by Gasteiger charge is 2.39. The van der Waals surface area contributed by atoms with Crippen molar-refractivity contribution in [2.75, 3.05) is 7.11 Å². The third-order valence-electron chi connectivity index (χ3n) is 5.62. The van der Waals surface area contributed by atoms with Gasteiger partial charge >= 0.3 is 5.97 Å². The summed E-state index contributed by atoms with van der Waals surface area (Å²) in [6.07, 6.45) is 9.14. The van der Waals surface area contributed by atoms with E-state index in [-0.39, 0.29) is 24.4 Å². The average Bonchev–Trinajstić information content (AvgIpc) is 2.88. The monoisotopic (exact) mass is 386 g/mol. The molecule has 0 heterocycles. The number of methoxy groups -OCH3 is 1. The molecule has 1 saturated carbocycles. The van der Waals surface area contributed by atoms with E-state index in [0.29, 0.717) is 12.8 Å². The van der Waals surface area contributed by atoms with Crippen LogP contribution in [0, 0.1) is 11.8 Å². The van der Waals surface area contributed by atoms with Crippen LogP contribution >= 0.6 is 0 Å². The van der Waals surface area contributed by atoms with E-state index in [4.69, 9.17) is 9.84 Å². The summed E-state index contributed by atoms with van der Waals surface area (Å²) in [5.74, 6) is -1.03. The van der Waals surface area contributed by atoms with Crippen molar-refractivity contribution in [3.05, 3.63) is 12.2 Å². The van der Waals surface area contributed by atoms with E-state index in [1.54, 1.807) is 6.08 Å². The third-order valence-corrected chi connectivity index (χ3v) is 5.62. The molecule has 0 bridgehead atoms. The maximum absolute atomic E-state index is 10.8. The van der Waals surface area contributed by atoms with E-state index in [9.17, 15) is 20.1 Å². The molecule has 0 aromatic rings. The van der Waals surface area contributed by atoms with Crippen molar-refractivity contribution in [2.24, 2.45) is 11.8 Å². The Morgan fingerprint density at radius 2 is 1.85 bits per heavy atom. The minimum Gasteiger partial charge on any atom is -0.481 e. The van der Waals surface area contributed by atoms with E-state index < -0.39 is 24.3 Å². The van der Waals surface area contributed by atoms with E-state index in [2.05, 4.69) is 6.92 Å². The fourth-order valence-corrected chi connectivity index (χ4v) is 3.98. The van der Waals surface area contributed by atoms with Gasteiger partial charge in [0, 0.05) is 19.4 Å². The maximum Gasteiger partial charge on any atom is 0.305 e. The third kappa shape index (κ3) is 9.19. The zero-order valence-electron chi connectivity index (χ0n) is 16.8. The highest BCUT2D eigenvalue weighted by molar-refractivity contribution is 5.67. The Hall–Kier alpha value is -0.950. The largest absolute Gasteiger partial charge is 0.481 e. The van der Waals surface area contributed by atoms with Gasteiger partial charge in [0.05, 0.1) is 30.8 Å². The number of carboxylic acids is 1. The molecule has 6 nitrogen and oxygen atoms in total. The van der Waals surface area contributed by atoms with Gasteiger partial charge in [0.25, 0.3) is 0 Å². The van der Waals surface area contributed by atoms with Gasteiger partial charge in [0.1, 0.15) is 0 Å². The number of aliphatic hydroxyl groups excluding tert-OH is 3. The standard InChI is InChI=1S/C21H38O6/c1-3-4-5-8-15(22)11-12-18-17(19(23)14-20(18)24)10-7-6-9-16(27-2)13-21(25)26/h11-12,15-20,22-24H,3-10,13-14H2,1-2H3,(H,25,26)/b12-11+. The summed E-state index contributed by atoms with van der Waals surface area (Å²) in [5, 5.41) is 39.4. The topological polar surface area (TPSA) is 107 Å². The number of hydrogen-bond donors (Lipinski definition) is 4. The summed E-state index contributed by atoms with van der Waals surface area (Å²) in [4.78, 5) is 10.8. The van der Waals surface area contributed by atoms with Crippen LogP contribution in [0.4, 0.5) is 0 Å². The fourth-order valence-electron chi connectivity index (χ4n) is 3.98. The first-order chi connectivity index (χ1) is 12.9. The van der Waals surface area contributed by atoms with Gasteiger partial charge in [-0.15, -0.1) is 0 Å². The van der Waals surface area contributed by atoms with Gasteiger partial charge in [-0.05, 0) is 25.2 Å². The van der Waals surface area contributed by atoms with Crippen molar-refractivity contribution in [3.8, 4) is 0 Å². The highest BCUT2D eigenvalue weighted by Crippen LogP contribution is 2.37. The number of ether oxygens (including phenoxy) is 1. The van der Waals surface area contributed by atoms with E-state index in [1.807, 2.05) is 6.08 Å². The van der Waals surface area contributed by atoms with Crippen LogP contribution in [0.2, 0.25) is 0 Å². The van der Waals surface area contributed by atoms with Crippen LogP contribution in [0.5, 0.6) is 0 Å². The lowest BCUT2D eigenvalue weighted by molar-refractivity contribution is -0.139. The van der Waals surface area contributed by atoms with Gasteiger partial charge in [0.15, 0.2) is 0 Å². The number of rotatable bonds is 14. The average molecular weight is 387 g/mol. The predicted molar refractivity (Wildman–Crippen MR) is 104 cm³/mol. The zero-order valence-corrected chi connectivity index (χ0v) is 16.8. The van der Waals surface area contributed by atoms with Crippen LogP contribution in [0.25, 0.3) is 0 Å². The SMILES string of the molecule is CCCCCC(O)/C=C/C1C(O)CC(O)C1CCCCC(CC(=O)O)OC. The van der Waals surface area contributed by atoms with Gasteiger partial charge in [-0.2, -0.15) is 0 Å². The predicted octanol–water partition coefficient (Wildman–Crippen LogP) is 2.89. The van der Waals surface area contributed by atoms with Gasteiger partial charge < -0.3 is 25.2 Å². The normalized spacial score (nSPS) is 27.9. The van der Waals surface area contributed by atoms with E-state index >= 15 is 0 Å². The number of carboxylic acid groups (broad SMARTS) is 1. The molecule has 0 aromatic carbocycles. The van der Waals surface area contributed by atoms with Crippen molar-refractivity contribution in [3.63, 3.8) is 0 Å². The first-order valence-corrected chi connectivity index (χ1v) is 10.4. The Bertz CT molecular complexity index is 438. The van der Waals surface area contributed by atoms with Gasteiger partial charge in [-0.3, -0.25) is 4.79 Å². The van der Waals surface area contributed by atoms with Crippen LogP contribution in [0.1, 0.15) is 71.1 Å². The van der Waals surface area contributed by atoms with Crippen molar-refractivity contribution < 1.29 is 30.0 Å². The molecule has 0 radical (unpaired) electrons. The Labute approximate surface area is 163 Å². The summed E-state index contributed by atoms with van der Waals surface area (Å²) in [5.41, 5.74) is 0. The number of aliphatic hydroxyl groups is 3. The Morgan fingerprint density at radius 3 is 2.48 bits per heavy atom. The highest BCUT2D eigenvalue weighted by atomic mass is 16.5. The molecular weight excluding hydrogens is 348 g/mol. The molecule has 0 spiro atoms. The molecule has 1 rings (SSSR count). The summed E-state index contributed by atoms with van der Waals surface area (Å²) < 4.78 is 5.19. The van der Waals surface area contributed by atoms with Gasteiger partial charge in [-0.1, -0.05) is 51.2 Å². The lowest BCUT2D eigenvalue weighted by atomic mass is 9.87. The molecule has 0 amide bonds. The minimum atomic E-state index is -0.862. The van der Waals surface area contributed by atoms with Gasteiger partial charge in [0.2, 0.25) is 0 Å². The molecule has 0 aromatic heterocycles. The van der Waals surface area contributed by atoms with Crippen LogP contribution in [-0.2, 0) is 9.53 Å². The summed E-state index contributed by atoms with van der Waals surface area (Å²) in [6, 6.07) is 0. The quantitative estimate of drug-likeness (QED) is 0.270. The zero-order chi connectivity index (χ0) is 20.2. The van der Waals surface area contributed by atoms with Crippen molar-refractivity contribution in [1.29, 1.82) is 0 Å². The fraction of sp³-hybridized carbons (Fsp3) is 0.857. The molecule has 1 aliphatic rings.